The minimum Gasteiger partial charge on any atom is -0.368 e. The molecule has 0 saturated carbocycles. The number of hydrogen-bond acceptors (Lipinski definition) is 4. The van der Waals surface area contributed by atoms with Crippen LogP contribution in [0.2, 0.25) is 0 Å². The van der Waals surface area contributed by atoms with Crippen LogP contribution in [0.15, 0.2) is 18.2 Å². The number of amides is 1. The van der Waals surface area contributed by atoms with Gasteiger partial charge in [0.25, 0.3) is 0 Å². The summed E-state index contributed by atoms with van der Waals surface area (Å²) in [6.07, 6.45) is 0.476. The molecule has 106 valence electrons. The molecule has 0 radical (unpaired) electrons. The van der Waals surface area contributed by atoms with Crippen molar-refractivity contribution in [2.24, 2.45) is 0 Å². The number of carbonyl (C=O) groups is 1. The molecule has 5 nitrogen and oxygen atoms in total. The molecule has 1 aliphatic heterocycles. The Labute approximate surface area is 119 Å². The van der Waals surface area contributed by atoms with Crippen LogP contribution in [-0.4, -0.2) is 32.1 Å². The van der Waals surface area contributed by atoms with Gasteiger partial charge in [0.1, 0.15) is 6.07 Å². The van der Waals surface area contributed by atoms with Gasteiger partial charge in [-0.1, -0.05) is 13.0 Å². The molecule has 1 heterocycles. The topological polar surface area (TPSA) is 68.2 Å². The van der Waals surface area contributed by atoms with Crippen LogP contribution in [0.3, 0.4) is 0 Å². The van der Waals surface area contributed by atoms with Crippen LogP contribution >= 0.6 is 0 Å². The largest absolute Gasteiger partial charge is 0.368 e. The van der Waals surface area contributed by atoms with Crippen LogP contribution in [0.25, 0.3) is 0 Å². The van der Waals surface area contributed by atoms with E-state index in [4.69, 9.17) is 0 Å². The Morgan fingerprint density at radius 2 is 2.30 bits per heavy atom. The molecule has 1 saturated heterocycles. The molecule has 0 aliphatic carbocycles. The highest BCUT2D eigenvalue weighted by Gasteiger charge is 2.16. The van der Waals surface area contributed by atoms with Gasteiger partial charge in [0, 0.05) is 32.6 Å². The van der Waals surface area contributed by atoms with Crippen molar-refractivity contribution < 1.29 is 4.79 Å². The maximum atomic E-state index is 11.4. The second kappa shape index (κ2) is 6.92. The highest BCUT2D eigenvalue weighted by molar-refractivity contribution is 5.77. The zero-order chi connectivity index (χ0) is 14.4. The lowest BCUT2D eigenvalue weighted by atomic mass is 10.1. The lowest BCUT2D eigenvalue weighted by molar-refractivity contribution is -0.120. The molecular weight excluding hydrogens is 252 g/mol. The van der Waals surface area contributed by atoms with Crippen LogP contribution in [0.1, 0.15) is 24.5 Å². The van der Waals surface area contributed by atoms with E-state index in [0.29, 0.717) is 25.1 Å². The maximum Gasteiger partial charge on any atom is 0.221 e. The third-order valence-electron chi connectivity index (χ3n) is 3.41. The van der Waals surface area contributed by atoms with Gasteiger partial charge in [-0.2, -0.15) is 5.26 Å². The van der Waals surface area contributed by atoms with E-state index in [-0.39, 0.29) is 5.91 Å². The summed E-state index contributed by atoms with van der Waals surface area (Å²) in [6, 6.07) is 8.22. The Morgan fingerprint density at radius 1 is 1.45 bits per heavy atom. The molecule has 1 aromatic carbocycles. The molecule has 0 spiro atoms. The first-order valence-corrected chi connectivity index (χ1v) is 7.00. The SMILES string of the molecule is CCNCc1ccc(N2CCNC(=O)CC2)c(C#N)c1. The summed E-state index contributed by atoms with van der Waals surface area (Å²) >= 11 is 0. The highest BCUT2D eigenvalue weighted by atomic mass is 16.1. The zero-order valence-corrected chi connectivity index (χ0v) is 11.8. The van der Waals surface area contributed by atoms with Crippen LogP contribution in [-0.2, 0) is 11.3 Å². The molecule has 5 heteroatoms. The van der Waals surface area contributed by atoms with Crippen molar-refractivity contribution in [2.45, 2.75) is 19.9 Å². The van der Waals surface area contributed by atoms with Gasteiger partial charge in [-0.15, -0.1) is 0 Å². The lowest BCUT2D eigenvalue weighted by Crippen LogP contribution is -2.29. The summed E-state index contributed by atoms with van der Waals surface area (Å²) in [7, 11) is 0. The first kappa shape index (κ1) is 14.4. The fourth-order valence-corrected chi connectivity index (χ4v) is 2.34. The predicted molar refractivity (Wildman–Crippen MR) is 78.4 cm³/mol. The monoisotopic (exact) mass is 272 g/mol. The van der Waals surface area contributed by atoms with Gasteiger partial charge in [0.2, 0.25) is 5.91 Å². The summed E-state index contributed by atoms with van der Waals surface area (Å²) in [5.74, 6) is 0.0785. The first-order chi connectivity index (χ1) is 9.74. The Bertz CT molecular complexity index is 521. The van der Waals surface area contributed by atoms with Gasteiger partial charge >= 0.3 is 0 Å². The van der Waals surface area contributed by atoms with E-state index in [0.717, 1.165) is 30.9 Å². The molecule has 20 heavy (non-hydrogen) atoms. The molecular formula is C15H20N4O. The fraction of sp³-hybridized carbons (Fsp3) is 0.467. The maximum absolute atomic E-state index is 11.4. The van der Waals surface area contributed by atoms with Gasteiger partial charge in [-0.05, 0) is 24.2 Å². The van der Waals surface area contributed by atoms with Gasteiger partial charge in [-0.3, -0.25) is 4.79 Å². The number of carbonyl (C=O) groups excluding carboxylic acids is 1. The van der Waals surface area contributed by atoms with E-state index in [1.54, 1.807) is 0 Å². The molecule has 0 unspecified atom stereocenters. The van der Waals surface area contributed by atoms with Crippen molar-refractivity contribution in [1.82, 2.24) is 10.6 Å². The molecule has 1 amide bonds. The number of anilines is 1. The van der Waals surface area contributed by atoms with E-state index < -0.39 is 0 Å². The zero-order valence-electron chi connectivity index (χ0n) is 11.8. The minimum absolute atomic E-state index is 0.0785. The highest BCUT2D eigenvalue weighted by Crippen LogP contribution is 2.22. The Morgan fingerprint density at radius 3 is 3.05 bits per heavy atom. The van der Waals surface area contributed by atoms with Crippen LogP contribution < -0.4 is 15.5 Å². The Kier molecular flexibility index (Phi) is 4.97. The molecule has 0 aromatic heterocycles. The molecule has 2 rings (SSSR count). The summed E-state index contributed by atoms with van der Waals surface area (Å²) in [5.41, 5.74) is 2.70. The van der Waals surface area contributed by atoms with E-state index in [1.165, 1.54) is 0 Å². The summed E-state index contributed by atoms with van der Waals surface area (Å²) < 4.78 is 0. The minimum atomic E-state index is 0.0785. The van der Waals surface area contributed by atoms with E-state index in [2.05, 4.69) is 28.5 Å². The van der Waals surface area contributed by atoms with Crippen molar-refractivity contribution in [3.63, 3.8) is 0 Å². The normalized spacial score (nSPS) is 15.4. The second-order valence-corrected chi connectivity index (χ2v) is 4.83. The van der Waals surface area contributed by atoms with Crippen molar-refractivity contribution in [3.8, 4) is 6.07 Å². The van der Waals surface area contributed by atoms with Crippen molar-refractivity contribution in [2.75, 3.05) is 31.1 Å². The smallest absolute Gasteiger partial charge is 0.221 e. The molecule has 0 bridgehead atoms. The number of rotatable bonds is 4. The standard InChI is InChI=1S/C15H20N4O/c1-2-17-11-12-3-4-14(13(9-12)10-16)19-7-5-15(20)18-6-8-19/h3-4,9,17H,2,5-8,11H2,1H3,(H,18,20). The third kappa shape index (κ3) is 3.49. The molecule has 2 N–H and O–H groups in total. The van der Waals surface area contributed by atoms with E-state index >= 15 is 0 Å². The number of nitrogens with zero attached hydrogens (tertiary/aromatic N) is 2. The summed E-state index contributed by atoms with van der Waals surface area (Å²) in [4.78, 5) is 13.5. The van der Waals surface area contributed by atoms with Crippen LogP contribution in [0.5, 0.6) is 0 Å². The molecule has 1 aromatic rings. The van der Waals surface area contributed by atoms with Crippen LogP contribution in [0, 0.1) is 11.3 Å². The summed E-state index contributed by atoms with van der Waals surface area (Å²) in [5, 5.41) is 15.4. The van der Waals surface area contributed by atoms with E-state index in [1.807, 2.05) is 18.2 Å². The van der Waals surface area contributed by atoms with Gasteiger partial charge in [0.05, 0.1) is 11.3 Å². The average molecular weight is 272 g/mol. The summed E-state index contributed by atoms with van der Waals surface area (Å²) in [6.45, 7) is 5.76. The van der Waals surface area contributed by atoms with Gasteiger partial charge in [-0.25, -0.2) is 0 Å². The predicted octanol–water partition coefficient (Wildman–Crippen LogP) is 0.994. The van der Waals surface area contributed by atoms with Gasteiger partial charge < -0.3 is 15.5 Å². The number of hydrogen-bond donors (Lipinski definition) is 2. The Balaban J connectivity index is 2.18. The fourth-order valence-electron chi connectivity index (χ4n) is 2.34. The first-order valence-electron chi connectivity index (χ1n) is 7.00. The number of benzene rings is 1. The molecule has 1 fully saturated rings. The van der Waals surface area contributed by atoms with Crippen molar-refractivity contribution in [1.29, 1.82) is 5.26 Å². The van der Waals surface area contributed by atoms with E-state index in [9.17, 15) is 10.1 Å². The van der Waals surface area contributed by atoms with Gasteiger partial charge in [0.15, 0.2) is 0 Å². The number of nitriles is 1. The van der Waals surface area contributed by atoms with Crippen molar-refractivity contribution >= 4 is 11.6 Å². The second-order valence-electron chi connectivity index (χ2n) is 4.83. The van der Waals surface area contributed by atoms with Crippen LogP contribution in [0.4, 0.5) is 5.69 Å². The number of nitrogens with one attached hydrogen (secondary N) is 2. The molecule has 0 atom stereocenters. The average Bonchev–Trinajstić information content (AvgIpc) is 2.69. The quantitative estimate of drug-likeness (QED) is 0.858. The lowest BCUT2D eigenvalue weighted by Gasteiger charge is -2.23. The van der Waals surface area contributed by atoms with Crippen molar-refractivity contribution in [3.05, 3.63) is 29.3 Å². The molecule has 1 aliphatic rings. The third-order valence-corrected chi connectivity index (χ3v) is 3.41. The Hall–Kier alpha value is -2.06.